The molecule has 0 radical (unpaired) electrons. The summed E-state index contributed by atoms with van der Waals surface area (Å²) in [7, 11) is -2.07. The molecule has 1 fully saturated rings. The molecule has 0 aliphatic carbocycles. The zero-order valence-corrected chi connectivity index (χ0v) is 24.3. The number of nitrogens with one attached hydrogen (secondary N) is 3. The molecule has 1 aromatic carbocycles. The van der Waals surface area contributed by atoms with Gasteiger partial charge in [0.05, 0.1) is 35.5 Å². The van der Waals surface area contributed by atoms with Gasteiger partial charge in [0.1, 0.15) is 17.5 Å². The second-order valence-electron chi connectivity index (χ2n) is 9.65. The number of hydroxylamine groups is 1. The van der Waals surface area contributed by atoms with E-state index in [-0.39, 0.29) is 12.2 Å². The number of aryl methyl sites for hydroxylation is 2. The third kappa shape index (κ3) is 7.16. The number of carbonyl (C=O) groups is 1. The van der Waals surface area contributed by atoms with E-state index in [1.165, 1.54) is 24.0 Å². The Morgan fingerprint density at radius 2 is 1.77 bits per heavy atom. The highest BCUT2D eigenvalue weighted by molar-refractivity contribution is 7.92. The van der Waals surface area contributed by atoms with E-state index in [2.05, 4.69) is 36.0 Å². The van der Waals surface area contributed by atoms with E-state index in [4.69, 9.17) is 4.84 Å². The van der Waals surface area contributed by atoms with Crippen molar-refractivity contribution < 1.29 is 18.0 Å². The summed E-state index contributed by atoms with van der Waals surface area (Å²) in [5.74, 6) is 1.09. The van der Waals surface area contributed by atoms with Crippen molar-refractivity contribution in [3.8, 4) is 0 Å². The number of benzene rings is 1. The van der Waals surface area contributed by atoms with Crippen molar-refractivity contribution in [2.45, 2.75) is 40.0 Å². The predicted molar refractivity (Wildman–Crippen MR) is 157 cm³/mol. The minimum atomic E-state index is -3.58. The second-order valence-corrected chi connectivity index (χ2v) is 11.7. The average molecular weight is 569 g/mol. The molecule has 1 amide bonds. The van der Waals surface area contributed by atoms with Gasteiger partial charge in [-0.05, 0) is 58.2 Å². The van der Waals surface area contributed by atoms with Gasteiger partial charge in [0.2, 0.25) is 10.0 Å². The van der Waals surface area contributed by atoms with E-state index in [1.807, 2.05) is 25.1 Å². The number of nitrogens with zero attached hydrogens (tertiary/aromatic N) is 5. The topological polar surface area (TPSA) is 142 Å². The SMILES string of the molecule is CCONC(=O)c1cnc(Nc2cc(C)nc(C)n2)cc1Nc1ccc(N2CCCCC2)cc1N(C)S(C)(=O)=O. The number of hydrogen-bond acceptors (Lipinski definition) is 10. The summed E-state index contributed by atoms with van der Waals surface area (Å²) >= 11 is 0. The van der Waals surface area contributed by atoms with Gasteiger partial charge in [0.15, 0.2) is 0 Å². The number of rotatable bonds is 10. The van der Waals surface area contributed by atoms with E-state index in [0.717, 1.165) is 43.6 Å². The first-order chi connectivity index (χ1) is 19.0. The molecule has 0 atom stereocenters. The van der Waals surface area contributed by atoms with Crippen molar-refractivity contribution in [1.82, 2.24) is 20.4 Å². The molecule has 214 valence electrons. The lowest BCUT2D eigenvalue weighted by Crippen LogP contribution is -2.30. The largest absolute Gasteiger partial charge is 0.371 e. The normalized spacial score (nSPS) is 13.6. The van der Waals surface area contributed by atoms with E-state index in [1.54, 1.807) is 26.0 Å². The van der Waals surface area contributed by atoms with Crippen molar-refractivity contribution in [3.63, 3.8) is 0 Å². The van der Waals surface area contributed by atoms with Crippen LogP contribution >= 0.6 is 0 Å². The Morgan fingerprint density at radius 1 is 1.02 bits per heavy atom. The van der Waals surface area contributed by atoms with Crippen molar-refractivity contribution in [3.05, 3.63) is 53.6 Å². The first-order valence-corrected chi connectivity index (χ1v) is 15.0. The van der Waals surface area contributed by atoms with Gasteiger partial charge < -0.3 is 15.5 Å². The van der Waals surface area contributed by atoms with Crippen LogP contribution in [-0.4, -0.2) is 62.3 Å². The average Bonchev–Trinajstić information content (AvgIpc) is 2.91. The van der Waals surface area contributed by atoms with Crippen molar-refractivity contribution in [2.24, 2.45) is 0 Å². The van der Waals surface area contributed by atoms with E-state index < -0.39 is 15.9 Å². The van der Waals surface area contributed by atoms with Gasteiger partial charge in [0, 0.05) is 49.8 Å². The summed E-state index contributed by atoms with van der Waals surface area (Å²) in [6.45, 7) is 7.54. The molecule has 12 nitrogen and oxygen atoms in total. The first-order valence-electron chi connectivity index (χ1n) is 13.2. The molecule has 1 aliphatic heterocycles. The Labute approximate surface area is 235 Å². The fourth-order valence-electron chi connectivity index (χ4n) is 4.47. The molecule has 0 spiro atoms. The van der Waals surface area contributed by atoms with E-state index >= 15 is 0 Å². The summed E-state index contributed by atoms with van der Waals surface area (Å²) in [5.41, 5.74) is 5.70. The summed E-state index contributed by atoms with van der Waals surface area (Å²) in [6.07, 6.45) is 5.94. The number of piperidine rings is 1. The van der Waals surface area contributed by atoms with Crippen molar-refractivity contribution >= 4 is 50.3 Å². The van der Waals surface area contributed by atoms with Crippen LogP contribution in [0.5, 0.6) is 0 Å². The number of sulfonamides is 1. The fraction of sp³-hybridized carbons (Fsp3) is 0.407. The van der Waals surface area contributed by atoms with Crippen LogP contribution in [0.15, 0.2) is 36.5 Å². The number of anilines is 6. The molecule has 2 aromatic heterocycles. The second kappa shape index (κ2) is 12.5. The lowest BCUT2D eigenvalue weighted by molar-refractivity contribution is 0.0365. The lowest BCUT2D eigenvalue weighted by Gasteiger charge is -2.30. The Hall–Kier alpha value is -3.97. The van der Waals surface area contributed by atoms with Gasteiger partial charge >= 0.3 is 0 Å². The Kier molecular flexibility index (Phi) is 9.05. The van der Waals surface area contributed by atoms with Crippen molar-refractivity contribution in [1.29, 1.82) is 0 Å². The third-order valence-electron chi connectivity index (χ3n) is 6.49. The molecule has 0 saturated carbocycles. The summed E-state index contributed by atoms with van der Waals surface area (Å²) in [6, 6.07) is 9.10. The van der Waals surface area contributed by atoms with E-state index in [0.29, 0.717) is 34.5 Å². The number of amides is 1. The molecule has 13 heteroatoms. The number of hydrogen-bond donors (Lipinski definition) is 3. The molecule has 4 rings (SSSR count). The molecule has 3 N–H and O–H groups in total. The van der Waals surface area contributed by atoms with Crippen LogP contribution in [0.25, 0.3) is 0 Å². The minimum absolute atomic E-state index is 0.210. The Bertz CT molecular complexity index is 1460. The van der Waals surface area contributed by atoms with Gasteiger partial charge in [-0.15, -0.1) is 0 Å². The molecule has 40 heavy (non-hydrogen) atoms. The minimum Gasteiger partial charge on any atom is -0.371 e. The highest BCUT2D eigenvalue weighted by atomic mass is 32.2. The number of carbonyl (C=O) groups excluding carboxylic acids is 1. The quantitative estimate of drug-likeness (QED) is 0.307. The van der Waals surface area contributed by atoms with Crippen LogP contribution in [0.3, 0.4) is 0 Å². The van der Waals surface area contributed by atoms with Gasteiger partial charge in [0.25, 0.3) is 5.91 Å². The number of pyridine rings is 1. The molecule has 3 aromatic rings. The Balaban J connectivity index is 1.75. The summed E-state index contributed by atoms with van der Waals surface area (Å²) in [5, 5.41) is 6.43. The van der Waals surface area contributed by atoms with Crippen LogP contribution < -0.4 is 25.3 Å². The maximum Gasteiger partial charge on any atom is 0.278 e. The van der Waals surface area contributed by atoms with Crippen molar-refractivity contribution in [2.75, 3.05) is 52.8 Å². The van der Waals surface area contributed by atoms with Crippen LogP contribution in [0, 0.1) is 13.8 Å². The zero-order chi connectivity index (χ0) is 28.9. The fourth-order valence-corrected chi connectivity index (χ4v) is 4.98. The molecular weight excluding hydrogens is 532 g/mol. The predicted octanol–water partition coefficient (Wildman–Crippen LogP) is 4.04. The third-order valence-corrected chi connectivity index (χ3v) is 7.68. The van der Waals surface area contributed by atoms with Crippen LogP contribution in [0.1, 0.15) is 48.1 Å². The smallest absolute Gasteiger partial charge is 0.278 e. The zero-order valence-electron chi connectivity index (χ0n) is 23.5. The van der Waals surface area contributed by atoms with Gasteiger partial charge in [-0.2, -0.15) is 0 Å². The Morgan fingerprint density at radius 3 is 2.45 bits per heavy atom. The highest BCUT2D eigenvalue weighted by Gasteiger charge is 2.21. The molecule has 0 unspecified atom stereocenters. The molecule has 1 saturated heterocycles. The van der Waals surface area contributed by atoms with Crippen LogP contribution in [0.2, 0.25) is 0 Å². The first kappa shape index (κ1) is 29.0. The molecule has 3 heterocycles. The van der Waals surface area contributed by atoms with Crippen LogP contribution in [-0.2, 0) is 14.9 Å². The van der Waals surface area contributed by atoms with E-state index in [9.17, 15) is 13.2 Å². The summed E-state index contributed by atoms with van der Waals surface area (Å²) < 4.78 is 26.4. The summed E-state index contributed by atoms with van der Waals surface area (Å²) in [4.78, 5) is 33.4. The van der Waals surface area contributed by atoms with Gasteiger partial charge in [-0.1, -0.05) is 0 Å². The number of aromatic nitrogens is 3. The molecule has 1 aliphatic rings. The monoisotopic (exact) mass is 568 g/mol. The highest BCUT2D eigenvalue weighted by Crippen LogP contribution is 2.36. The lowest BCUT2D eigenvalue weighted by atomic mass is 10.1. The maximum atomic E-state index is 12.9. The molecule has 0 bridgehead atoms. The maximum absolute atomic E-state index is 12.9. The van der Waals surface area contributed by atoms with Crippen LogP contribution in [0.4, 0.5) is 34.4 Å². The van der Waals surface area contributed by atoms with Gasteiger partial charge in [-0.3, -0.25) is 13.9 Å². The standard InChI is InChI=1S/C27H36N8O4S/c1-6-39-33-27(36)21-17-28-25(32-26-14-18(2)29-19(3)30-26)16-23(21)31-22-11-10-20(35-12-8-7-9-13-35)15-24(22)34(4)40(5,37)38/h10-11,14-17H,6-9,12-13H2,1-5H3,(H,33,36)(H2,28,29,30,31,32). The molecular formula is C27H36N8O4S. The van der Waals surface area contributed by atoms with Gasteiger partial charge in [-0.25, -0.2) is 28.8 Å².